The first-order chi connectivity index (χ1) is 11.9. The number of nitrogens with one attached hydrogen (secondary N) is 1. The van der Waals surface area contributed by atoms with E-state index in [2.05, 4.69) is 10.5 Å². The van der Waals surface area contributed by atoms with Crippen molar-refractivity contribution in [1.82, 2.24) is 5.16 Å². The van der Waals surface area contributed by atoms with Gasteiger partial charge in [0.1, 0.15) is 11.5 Å². The lowest BCUT2D eigenvalue weighted by Gasteiger charge is -2.10. The molecule has 134 valence electrons. The number of thioether (sulfide) groups is 1. The molecule has 2 N–H and O–H groups in total. The average Bonchev–Trinajstić information content (AvgIpc) is 2.87. The molecule has 0 spiro atoms. The third-order valence-electron chi connectivity index (χ3n) is 3.50. The molecule has 0 saturated heterocycles. The van der Waals surface area contributed by atoms with Crippen molar-refractivity contribution in [2.75, 3.05) is 17.7 Å². The molecule has 0 aliphatic carbocycles. The molecular formula is C17H20N2O5S. The lowest BCUT2D eigenvalue weighted by atomic mass is 10.2. The van der Waals surface area contributed by atoms with Crippen molar-refractivity contribution < 1.29 is 24.0 Å². The van der Waals surface area contributed by atoms with Crippen LogP contribution < -0.4 is 10.1 Å². The third-order valence-corrected chi connectivity index (χ3v) is 4.45. The highest BCUT2D eigenvalue weighted by Gasteiger charge is 2.11. The number of amides is 1. The Labute approximate surface area is 149 Å². The minimum Gasteiger partial charge on any atom is -0.482 e. The number of carbonyl (C=O) groups excluding carboxylic acids is 1. The van der Waals surface area contributed by atoms with Crippen molar-refractivity contribution >= 4 is 29.3 Å². The lowest BCUT2D eigenvalue weighted by molar-refractivity contribution is -0.139. The summed E-state index contributed by atoms with van der Waals surface area (Å²) in [5.41, 5.74) is 3.34. The minimum atomic E-state index is -1.04. The highest BCUT2D eigenvalue weighted by atomic mass is 32.2. The summed E-state index contributed by atoms with van der Waals surface area (Å²) >= 11 is 1.49. The SMILES string of the molecule is Cc1cc(OCC(=O)O)ccc1NC(=O)CSCc1c(C)noc1C. The van der Waals surface area contributed by atoms with Crippen LogP contribution in [0.5, 0.6) is 5.75 Å². The fraction of sp³-hybridized carbons (Fsp3) is 0.353. The van der Waals surface area contributed by atoms with Gasteiger partial charge in [0.25, 0.3) is 0 Å². The molecule has 25 heavy (non-hydrogen) atoms. The number of hydrogen-bond donors (Lipinski definition) is 2. The summed E-state index contributed by atoms with van der Waals surface area (Å²) in [7, 11) is 0. The first kappa shape index (κ1) is 18.9. The molecule has 2 rings (SSSR count). The van der Waals surface area contributed by atoms with Crippen molar-refractivity contribution in [2.24, 2.45) is 0 Å². The molecule has 0 fully saturated rings. The topological polar surface area (TPSA) is 102 Å². The number of rotatable bonds is 8. The van der Waals surface area contributed by atoms with Crippen molar-refractivity contribution in [3.05, 3.63) is 40.8 Å². The molecular weight excluding hydrogens is 344 g/mol. The highest BCUT2D eigenvalue weighted by molar-refractivity contribution is 7.99. The van der Waals surface area contributed by atoms with E-state index in [1.165, 1.54) is 11.8 Å². The minimum absolute atomic E-state index is 0.112. The van der Waals surface area contributed by atoms with Crippen molar-refractivity contribution in [3.63, 3.8) is 0 Å². The molecule has 0 bridgehead atoms. The Morgan fingerprint density at radius 3 is 2.68 bits per heavy atom. The van der Waals surface area contributed by atoms with Gasteiger partial charge >= 0.3 is 5.97 Å². The lowest BCUT2D eigenvalue weighted by Crippen LogP contribution is -2.15. The molecule has 0 atom stereocenters. The van der Waals surface area contributed by atoms with Gasteiger partial charge in [-0.15, -0.1) is 11.8 Å². The second-order valence-corrected chi connectivity index (χ2v) is 6.49. The molecule has 0 aliphatic heterocycles. The molecule has 1 heterocycles. The predicted molar refractivity (Wildman–Crippen MR) is 95.1 cm³/mol. The Balaban J connectivity index is 1.84. The van der Waals surface area contributed by atoms with Crippen LogP contribution in [0.2, 0.25) is 0 Å². The van der Waals surface area contributed by atoms with E-state index in [9.17, 15) is 9.59 Å². The molecule has 2 aromatic rings. The van der Waals surface area contributed by atoms with Crippen LogP contribution in [0, 0.1) is 20.8 Å². The van der Waals surface area contributed by atoms with E-state index in [1.807, 2.05) is 20.8 Å². The molecule has 1 aromatic carbocycles. The van der Waals surface area contributed by atoms with Gasteiger partial charge in [-0.05, 0) is 44.5 Å². The maximum atomic E-state index is 12.1. The Hall–Kier alpha value is -2.48. The zero-order valence-electron chi connectivity index (χ0n) is 14.3. The Morgan fingerprint density at radius 2 is 2.08 bits per heavy atom. The summed E-state index contributed by atoms with van der Waals surface area (Å²) < 4.78 is 10.2. The number of carboxylic acid groups (broad SMARTS) is 1. The van der Waals surface area contributed by atoms with Crippen molar-refractivity contribution in [1.29, 1.82) is 0 Å². The van der Waals surface area contributed by atoms with Crippen LogP contribution >= 0.6 is 11.8 Å². The van der Waals surface area contributed by atoms with E-state index >= 15 is 0 Å². The Morgan fingerprint density at radius 1 is 1.32 bits per heavy atom. The number of anilines is 1. The summed E-state index contributed by atoms with van der Waals surface area (Å²) in [6, 6.07) is 5.02. The number of benzene rings is 1. The number of nitrogens with zero attached hydrogens (tertiary/aromatic N) is 1. The largest absolute Gasteiger partial charge is 0.482 e. The molecule has 0 unspecified atom stereocenters. The fourth-order valence-corrected chi connectivity index (χ4v) is 3.13. The van der Waals surface area contributed by atoms with Gasteiger partial charge in [-0.25, -0.2) is 4.79 Å². The van der Waals surface area contributed by atoms with Crippen LogP contribution in [0.4, 0.5) is 5.69 Å². The summed E-state index contributed by atoms with van der Waals surface area (Å²) in [6.45, 7) is 5.15. The van der Waals surface area contributed by atoms with Gasteiger partial charge in [0.15, 0.2) is 6.61 Å². The van der Waals surface area contributed by atoms with E-state index in [4.69, 9.17) is 14.4 Å². The van der Waals surface area contributed by atoms with Crippen LogP contribution in [-0.4, -0.2) is 34.5 Å². The monoisotopic (exact) mass is 364 g/mol. The zero-order valence-corrected chi connectivity index (χ0v) is 15.1. The summed E-state index contributed by atoms with van der Waals surface area (Å²) in [6.07, 6.45) is 0. The van der Waals surface area contributed by atoms with Gasteiger partial charge in [0, 0.05) is 17.0 Å². The van der Waals surface area contributed by atoms with E-state index in [0.717, 1.165) is 22.6 Å². The number of carbonyl (C=O) groups is 2. The Kier molecular flexibility index (Phi) is 6.46. The van der Waals surface area contributed by atoms with Gasteiger partial charge in [-0.3, -0.25) is 4.79 Å². The number of aryl methyl sites for hydroxylation is 3. The van der Waals surface area contributed by atoms with Crippen LogP contribution in [-0.2, 0) is 15.3 Å². The summed E-state index contributed by atoms with van der Waals surface area (Å²) in [5, 5.41) is 15.3. The van der Waals surface area contributed by atoms with Crippen LogP contribution in [0.1, 0.15) is 22.6 Å². The smallest absolute Gasteiger partial charge is 0.341 e. The van der Waals surface area contributed by atoms with Gasteiger partial charge in [0.2, 0.25) is 5.91 Å². The third kappa shape index (κ3) is 5.53. The van der Waals surface area contributed by atoms with Gasteiger partial charge < -0.3 is 19.7 Å². The first-order valence-corrected chi connectivity index (χ1v) is 8.77. The van der Waals surface area contributed by atoms with E-state index in [-0.39, 0.29) is 5.91 Å². The molecule has 7 nitrogen and oxygen atoms in total. The Bertz CT molecular complexity index is 753. The maximum Gasteiger partial charge on any atom is 0.341 e. The van der Waals surface area contributed by atoms with Gasteiger partial charge in [-0.1, -0.05) is 5.16 Å². The van der Waals surface area contributed by atoms with E-state index in [0.29, 0.717) is 22.9 Å². The molecule has 8 heteroatoms. The fourth-order valence-electron chi connectivity index (χ4n) is 2.15. The van der Waals surface area contributed by atoms with Crippen molar-refractivity contribution in [2.45, 2.75) is 26.5 Å². The number of ether oxygens (including phenoxy) is 1. The van der Waals surface area contributed by atoms with Gasteiger partial charge in [0.05, 0.1) is 11.4 Å². The molecule has 1 aromatic heterocycles. The molecule has 0 radical (unpaired) electrons. The maximum absolute atomic E-state index is 12.1. The highest BCUT2D eigenvalue weighted by Crippen LogP contribution is 2.23. The summed E-state index contributed by atoms with van der Waals surface area (Å²) in [5.74, 6) is 1.05. The van der Waals surface area contributed by atoms with Gasteiger partial charge in [-0.2, -0.15) is 0 Å². The summed E-state index contributed by atoms with van der Waals surface area (Å²) in [4.78, 5) is 22.6. The predicted octanol–water partition coefficient (Wildman–Crippen LogP) is 2.94. The molecule has 1 amide bonds. The first-order valence-electron chi connectivity index (χ1n) is 7.61. The van der Waals surface area contributed by atoms with Crippen LogP contribution in [0.25, 0.3) is 0 Å². The number of aliphatic carboxylic acids is 1. The van der Waals surface area contributed by atoms with Crippen LogP contribution in [0.15, 0.2) is 22.7 Å². The second kappa shape index (κ2) is 8.57. The quantitative estimate of drug-likeness (QED) is 0.742. The normalized spacial score (nSPS) is 10.5. The average molecular weight is 364 g/mol. The molecule has 0 saturated carbocycles. The number of aromatic nitrogens is 1. The van der Waals surface area contributed by atoms with E-state index in [1.54, 1.807) is 18.2 Å². The standard InChI is InChI=1S/C17H20N2O5S/c1-10-6-13(23-7-17(21)22)4-5-15(10)18-16(20)9-25-8-14-11(2)19-24-12(14)3/h4-6H,7-9H2,1-3H3,(H,18,20)(H,21,22). The number of carboxylic acids is 1. The van der Waals surface area contributed by atoms with Crippen molar-refractivity contribution in [3.8, 4) is 5.75 Å². The van der Waals surface area contributed by atoms with Crippen LogP contribution in [0.3, 0.4) is 0 Å². The number of hydrogen-bond acceptors (Lipinski definition) is 6. The molecule has 0 aliphatic rings. The second-order valence-electron chi connectivity index (χ2n) is 5.50. The van der Waals surface area contributed by atoms with E-state index < -0.39 is 12.6 Å². The zero-order chi connectivity index (χ0) is 18.4.